The van der Waals surface area contributed by atoms with Crippen molar-refractivity contribution in [2.24, 2.45) is 0 Å². The number of urea groups is 1. The predicted octanol–water partition coefficient (Wildman–Crippen LogP) is 6.48. The van der Waals surface area contributed by atoms with Crippen LogP contribution >= 0.6 is 0 Å². The number of benzene rings is 3. The Morgan fingerprint density at radius 2 is 1.64 bits per heavy atom. The molecule has 2 amide bonds. The van der Waals surface area contributed by atoms with E-state index in [-0.39, 0.29) is 5.69 Å². The number of ether oxygens (including phenoxy) is 1. The summed E-state index contributed by atoms with van der Waals surface area (Å²) < 4.78 is 44.4. The number of aromatic amines is 1. The highest BCUT2D eigenvalue weighted by atomic mass is 19.4. The van der Waals surface area contributed by atoms with Gasteiger partial charge in [0, 0.05) is 29.2 Å². The number of hydrogen-bond donors (Lipinski definition) is 3. The van der Waals surface area contributed by atoms with Crippen molar-refractivity contribution in [1.29, 1.82) is 0 Å². The lowest BCUT2D eigenvalue weighted by Crippen LogP contribution is -2.19. The highest BCUT2D eigenvalue weighted by Crippen LogP contribution is 2.31. The average molecular weight is 490 g/mol. The fraction of sp³-hybridized carbons (Fsp3) is 0.0400. The number of alkyl halides is 3. The molecule has 8 nitrogen and oxygen atoms in total. The molecule has 11 heteroatoms. The first-order valence-electron chi connectivity index (χ1n) is 10.6. The number of anilines is 2. The highest BCUT2D eigenvalue weighted by molar-refractivity contribution is 5.99. The lowest BCUT2D eigenvalue weighted by atomic mass is 10.2. The lowest BCUT2D eigenvalue weighted by molar-refractivity contribution is -0.137. The monoisotopic (exact) mass is 490 g/mol. The molecule has 3 N–H and O–H groups in total. The summed E-state index contributed by atoms with van der Waals surface area (Å²) in [5.41, 5.74) is 2.46. The van der Waals surface area contributed by atoms with Gasteiger partial charge in [-0.1, -0.05) is 6.07 Å². The van der Waals surface area contributed by atoms with Gasteiger partial charge >= 0.3 is 12.2 Å². The topological polar surface area (TPSA) is 105 Å². The fourth-order valence-corrected chi connectivity index (χ4v) is 3.39. The van der Waals surface area contributed by atoms with E-state index >= 15 is 0 Å². The summed E-state index contributed by atoms with van der Waals surface area (Å²) in [4.78, 5) is 21.2. The van der Waals surface area contributed by atoms with Crippen LogP contribution in [-0.4, -0.2) is 26.2 Å². The summed E-state index contributed by atoms with van der Waals surface area (Å²) >= 11 is 0. The van der Waals surface area contributed by atoms with Crippen LogP contribution in [0.1, 0.15) is 5.56 Å². The third-order valence-corrected chi connectivity index (χ3v) is 5.10. The van der Waals surface area contributed by atoms with Gasteiger partial charge in [-0.05, 0) is 54.6 Å². The van der Waals surface area contributed by atoms with E-state index < -0.39 is 17.8 Å². The average Bonchev–Trinajstić information content (AvgIpc) is 3.40. The lowest BCUT2D eigenvalue weighted by Gasteiger charge is -2.11. The van der Waals surface area contributed by atoms with Crippen LogP contribution in [0, 0.1) is 0 Å². The Morgan fingerprint density at radius 1 is 0.861 bits per heavy atom. The molecule has 0 bridgehead atoms. The largest absolute Gasteiger partial charge is 0.457 e. The smallest absolute Gasteiger partial charge is 0.416 e. The number of fused-ring (bicyclic) bond motifs is 1. The van der Waals surface area contributed by atoms with Crippen molar-refractivity contribution in [2.75, 3.05) is 10.6 Å². The number of hydrogen-bond acceptors (Lipinski definition) is 5. The number of aromatic nitrogens is 4. The van der Waals surface area contributed by atoms with E-state index in [9.17, 15) is 18.0 Å². The van der Waals surface area contributed by atoms with Crippen molar-refractivity contribution in [3.63, 3.8) is 0 Å². The first-order chi connectivity index (χ1) is 17.3. The van der Waals surface area contributed by atoms with E-state index in [2.05, 4.69) is 30.8 Å². The molecule has 0 saturated carbocycles. The second kappa shape index (κ2) is 9.37. The highest BCUT2D eigenvalue weighted by Gasteiger charge is 2.30. The molecule has 5 rings (SSSR count). The van der Waals surface area contributed by atoms with Crippen LogP contribution in [-0.2, 0) is 6.18 Å². The molecule has 0 aliphatic rings. The van der Waals surface area contributed by atoms with Gasteiger partial charge in [0.15, 0.2) is 0 Å². The van der Waals surface area contributed by atoms with Gasteiger partial charge in [-0.3, -0.25) is 10.1 Å². The number of rotatable bonds is 5. The zero-order chi connectivity index (χ0) is 25.1. The number of amides is 2. The molecule has 0 saturated heterocycles. The Bertz CT molecular complexity index is 1520. The van der Waals surface area contributed by atoms with Crippen molar-refractivity contribution >= 4 is 28.4 Å². The standard InChI is InChI=1S/C25H17F3N6O2/c26-25(27,28)16-2-1-3-18(10-16)33-24(35)32-17-4-6-19(7-5-17)36-20-8-9-21-22(11-20)34-23(14-29-21)15-12-30-31-13-15/h1-14H,(H,30,31)(H2,32,33,35). The molecule has 180 valence electrons. The van der Waals surface area contributed by atoms with Crippen LogP contribution in [0.5, 0.6) is 11.5 Å². The van der Waals surface area contributed by atoms with Gasteiger partial charge in [-0.25, -0.2) is 9.78 Å². The zero-order valence-electron chi connectivity index (χ0n) is 18.4. The van der Waals surface area contributed by atoms with Crippen LogP contribution in [0.4, 0.5) is 29.3 Å². The molecule has 0 radical (unpaired) electrons. The second-order valence-corrected chi connectivity index (χ2v) is 7.68. The molecule has 0 fully saturated rings. The SMILES string of the molecule is O=C(Nc1ccc(Oc2ccc3ncc(-c4cn[nH]c4)nc3c2)cc1)Nc1cccc(C(F)(F)F)c1. The molecule has 36 heavy (non-hydrogen) atoms. The molecule has 0 aliphatic carbocycles. The number of carbonyl (C=O) groups excluding carboxylic acids is 1. The van der Waals surface area contributed by atoms with Crippen molar-refractivity contribution in [2.45, 2.75) is 6.18 Å². The van der Waals surface area contributed by atoms with E-state index in [1.54, 1.807) is 61.1 Å². The minimum atomic E-state index is -4.50. The minimum Gasteiger partial charge on any atom is -0.457 e. The zero-order valence-corrected chi connectivity index (χ0v) is 18.4. The first kappa shape index (κ1) is 22.8. The quantitative estimate of drug-likeness (QED) is 0.262. The van der Waals surface area contributed by atoms with E-state index in [1.165, 1.54) is 12.1 Å². The summed E-state index contributed by atoms with van der Waals surface area (Å²) in [6.07, 6.45) is 0.559. The molecule has 0 unspecified atom stereocenters. The molecule has 2 heterocycles. The summed E-state index contributed by atoms with van der Waals surface area (Å²) in [7, 11) is 0. The fourth-order valence-electron chi connectivity index (χ4n) is 3.39. The minimum absolute atomic E-state index is 0.0256. The number of carbonyl (C=O) groups is 1. The van der Waals surface area contributed by atoms with Gasteiger partial charge in [-0.15, -0.1) is 0 Å². The van der Waals surface area contributed by atoms with E-state index in [1.807, 2.05) is 0 Å². The summed E-state index contributed by atoms with van der Waals surface area (Å²) in [5, 5.41) is 11.6. The van der Waals surface area contributed by atoms with Crippen LogP contribution < -0.4 is 15.4 Å². The summed E-state index contributed by atoms with van der Waals surface area (Å²) in [5.74, 6) is 1.06. The molecule has 2 aromatic heterocycles. The molecule has 5 aromatic rings. The number of nitrogens with one attached hydrogen (secondary N) is 3. The Hall–Kier alpha value is -4.93. The first-order valence-corrected chi connectivity index (χ1v) is 10.6. The van der Waals surface area contributed by atoms with E-state index in [4.69, 9.17) is 4.74 Å². The molecule has 0 atom stereocenters. The summed E-state index contributed by atoms with van der Waals surface area (Å²) in [6.45, 7) is 0. The van der Waals surface area contributed by atoms with Crippen molar-refractivity contribution in [1.82, 2.24) is 20.2 Å². The van der Waals surface area contributed by atoms with Gasteiger partial charge in [-0.2, -0.15) is 18.3 Å². The maximum Gasteiger partial charge on any atom is 0.416 e. The van der Waals surface area contributed by atoms with Gasteiger partial charge < -0.3 is 15.4 Å². The Morgan fingerprint density at radius 3 is 2.39 bits per heavy atom. The third-order valence-electron chi connectivity index (χ3n) is 5.10. The Kier molecular flexibility index (Phi) is 5.95. The van der Waals surface area contributed by atoms with Crippen LogP contribution in [0.25, 0.3) is 22.3 Å². The van der Waals surface area contributed by atoms with Gasteiger partial charge in [0.1, 0.15) is 11.5 Å². The summed E-state index contributed by atoms with van der Waals surface area (Å²) in [6, 6.07) is 15.6. The second-order valence-electron chi connectivity index (χ2n) is 7.68. The molecule has 3 aromatic carbocycles. The number of halogens is 3. The number of nitrogens with zero attached hydrogens (tertiary/aromatic N) is 3. The normalized spacial score (nSPS) is 11.3. The maximum atomic E-state index is 12.8. The predicted molar refractivity (Wildman–Crippen MR) is 128 cm³/mol. The number of H-pyrrole nitrogens is 1. The van der Waals surface area contributed by atoms with Gasteiger partial charge in [0.05, 0.1) is 34.7 Å². The third kappa shape index (κ3) is 5.25. The molecular weight excluding hydrogens is 473 g/mol. The van der Waals surface area contributed by atoms with Crippen molar-refractivity contribution < 1.29 is 22.7 Å². The Labute approximate surface area is 202 Å². The molecule has 0 spiro atoms. The van der Waals surface area contributed by atoms with Crippen LogP contribution in [0.15, 0.2) is 85.3 Å². The maximum absolute atomic E-state index is 12.8. The van der Waals surface area contributed by atoms with Crippen molar-refractivity contribution in [3.8, 4) is 22.8 Å². The van der Waals surface area contributed by atoms with Gasteiger partial charge in [0.25, 0.3) is 0 Å². The van der Waals surface area contributed by atoms with Crippen LogP contribution in [0.2, 0.25) is 0 Å². The van der Waals surface area contributed by atoms with E-state index in [0.29, 0.717) is 33.9 Å². The van der Waals surface area contributed by atoms with Gasteiger partial charge in [0.2, 0.25) is 0 Å². The molecule has 0 aliphatic heterocycles. The van der Waals surface area contributed by atoms with E-state index in [0.717, 1.165) is 17.7 Å². The molecular formula is C25H17F3N6O2. The Balaban J connectivity index is 1.24. The van der Waals surface area contributed by atoms with Crippen LogP contribution in [0.3, 0.4) is 0 Å². The van der Waals surface area contributed by atoms with Crippen molar-refractivity contribution in [3.05, 3.63) is 90.9 Å².